The van der Waals surface area contributed by atoms with Crippen LogP contribution in [0.2, 0.25) is 0 Å². The first-order chi connectivity index (χ1) is 8.25. The molecule has 0 spiro atoms. The maximum atomic E-state index is 11.9. The first kappa shape index (κ1) is 11.1. The van der Waals surface area contributed by atoms with Gasteiger partial charge in [0.2, 0.25) is 5.91 Å². The third-order valence-corrected chi connectivity index (χ3v) is 5.38. The number of rotatable bonds is 2. The van der Waals surface area contributed by atoms with Crippen molar-refractivity contribution in [1.82, 2.24) is 4.90 Å². The van der Waals surface area contributed by atoms with Crippen LogP contribution >= 0.6 is 11.8 Å². The van der Waals surface area contributed by atoms with Gasteiger partial charge in [-0.25, -0.2) is 0 Å². The first-order valence-electron chi connectivity index (χ1n) is 6.24. The van der Waals surface area contributed by atoms with E-state index in [2.05, 4.69) is 24.3 Å². The lowest BCUT2D eigenvalue weighted by Crippen LogP contribution is -2.36. The van der Waals surface area contributed by atoms with E-state index in [4.69, 9.17) is 0 Å². The number of thioether (sulfide) groups is 1. The lowest BCUT2D eigenvalue weighted by Gasteiger charge is -2.30. The lowest BCUT2D eigenvalue weighted by atomic mass is 9.90. The molecule has 3 atom stereocenters. The van der Waals surface area contributed by atoms with Crippen LogP contribution in [-0.4, -0.2) is 29.1 Å². The number of benzene rings is 1. The molecule has 17 heavy (non-hydrogen) atoms. The van der Waals surface area contributed by atoms with E-state index < -0.39 is 0 Å². The van der Waals surface area contributed by atoms with Crippen molar-refractivity contribution in [1.29, 1.82) is 0 Å². The molecule has 1 aromatic carbocycles. The van der Waals surface area contributed by atoms with Crippen LogP contribution in [0.5, 0.6) is 0 Å². The molecule has 1 saturated carbocycles. The molecule has 2 aliphatic rings. The molecule has 90 valence electrons. The summed E-state index contributed by atoms with van der Waals surface area (Å²) in [5.74, 6) is 0.684. The van der Waals surface area contributed by atoms with E-state index >= 15 is 0 Å². The highest BCUT2D eigenvalue weighted by atomic mass is 32.2. The predicted molar refractivity (Wildman–Crippen MR) is 70.0 cm³/mol. The lowest BCUT2D eigenvalue weighted by molar-refractivity contribution is -0.130. The smallest absolute Gasteiger partial charge is 0.225 e. The van der Waals surface area contributed by atoms with Crippen LogP contribution in [0.1, 0.15) is 19.3 Å². The Morgan fingerprint density at radius 1 is 1.24 bits per heavy atom. The molecule has 2 fully saturated rings. The summed E-state index contributed by atoms with van der Waals surface area (Å²) in [7, 11) is 1.97. The van der Waals surface area contributed by atoms with Gasteiger partial charge in [-0.05, 0) is 31.4 Å². The van der Waals surface area contributed by atoms with Gasteiger partial charge in [0.1, 0.15) is 0 Å². The van der Waals surface area contributed by atoms with Crippen LogP contribution in [0.4, 0.5) is 0 Å². The van der Waals surface area contributed by atoms with E-state index in [0.717, 1.165) is 12.8 Å². The Balaban J connectivity index is 1.75. The fraction of sp³-hybridized carbons (Fsp3) is 0.500. The molecule has 0 radical (unpaired) electrons. The first-order valence-corrected chi connectivity index (χ1v) is 7.12. The van der Waals surface area contributed by atoms with Gasteiger partial charge in [-0.3, -0.25) is 4.79 Å². The average molecular weight is 247 g/mol. The maximum Gasteiger partial charge on any atom is 0.225 e. The quantitative estimate of drug-likeness (QED) is 0.801. The zero-order chi connectivity index (χ0) is 11.8. The molecular formula is C14H17NOS. The Kier molecular flexibility index (Phi) is 2.87. The Morgan fingerprint density at radius 2 is 2.00 bits per heavy atom. The van der Waals surface area contributed by atoms with Gasteiger partial charge in [-0.15, -0.1) is 11.8 Å². The number of carbonyl (C=O) groups excluding carboxylic acids is 1. The van der Waals surface area contributed by atoms with E-state index in [-0.39, 0.29) is 0 Å². The van der Waals surface area contributed by atoms with Gasteiger partial charge in [-0.2, -0.15) is 0 Å². The van der Waals surface area contributed by atoms with E-state index in [1.807, 2.05) is 29.8 Å². The van der Waals surface area contributed by atoms with Crippen molar-refractivity contribution in [2.45, 2.75) is 35.4 Å². The molecule has 0 N–H and O–H groups in total. The second kappa shape index (κ2) is 4.37. The maximum absolute atomic E-state index is 11.9. The molecule has 1 aromatic rings. The Morgan fingerprint density at radius 3 is 2.76 bits per heavy atom. The van der Waals surface area contributed by atoms with E-state index in [1.54, 1.807) is 0 Å². The summed E-state index contributed by atoms with van der Waals surface area (Å²) in [6, 6.07) is 11.0. The molecule has 3 rings (SSSR count). The topological polar surface area (TPSA) is 20.3 Å². The molecule has 1 saturated heterocycles. The van der Waals surface area contributed by atoms with Crippen molar-refractivity contribution in [3.8, 4) is 0 Å². The van der Waals surface area contributed by atoms with Gasteiger partial charge in [0.15, 0.2) is 0 Å². The van der Waals surface area contributed by atoms with Crippen LogP contribution in [0.3, 0.4) is 0 Å². The summed E-state index contributed by atoms with van der Waals surface area (Å²) in [5, 5.41) is 0.574. The molecule has 2 nitrogen and oxygen atoms in total. The summed E-state index contributed by atoms with van der Waals surface area (Å²) in [6.45, 7) is 0. The number of hydrogen-bond acceptors (Lipinski definition) is 2. The minimum atomic E-state index is 0.317. The van der Waals surface area contributed by atoms with Crippen LogP contribution in [0.25, 0.3) is 0 Å². The van der Waals surface area contributed by atoms with Crippen LogP contribution in [0.15, 0.2) is 35.2 Å². The SMILES string of the molecule is CN1C(=O)C2CCC(Sc3ccccc3)C1C2. The van der Waals surface area contributed by atoms with Crippen molar-refractivity contribution in [2.24, 2.45) is 5.92 Å². The van der Waals surface area contributed by atoms with Crippen LogP contribution in [-0.2, 0) is 4.79 Å². The van der Waals surface area contributed by atoms with Crippen molar-refractivity contribution in [3.05, 3.63) is 30.3 Å². The summed E-state index contributed by atoms with van der Waals surface area (Å²) in [5.41, 5.74) is 0. The Hall–Kier alpha value is -0.960. The molecule has 3 unspecified atom stereocenters. The number of fused-ring (bicyclic) bond motifs is 2. The van der Waals surface area contributed by atoms with Gasteiger partial charge in [0.25, 0.3) is 0 Å². The molecule has 3 heteroatoms. The summed E-state index contributed by atoms with van der Waals surface area (Å²) in [6.07, 6.45) is 3.31. The number of hydrogen-bond donors (Lipinski definition) is 0. The summed E-state index contributed by atoms with van der Waals surface area (Å²) < 4.78 is 0. The van der Waals surface area contributed by atoms with Crippen molar-refractivity contribution in [3.63, 3.8) is 0 Å². The van der Waals surface area contributed by atoms with Gasteiger partial charge in [0, 0.05) is 29.2 Å². The van der Waals surface area contributed by atoms with Crippen molar-refractivity contribution < 1.29 is 4.79 Å². The summed E-state index contributed by atoms with van der Waals surface area (Å²) >= 11 is 1.94. The van der Waals surface area contributed by atoms with Gasteiger partial charge in [-0.1, -0.05) is 18.2 Å². The largest absolute Gasteiger partial charge is 0.341 e. The number of likely N-dealkylation sites (tertiary alicyclic amines) is 1. The number of carbonyl (C=O) groups is 1. The molecule has 1 aliphatic heterocycles. The molecule has 1 heterocycles. The fourth-order valence-corrected chi connectivity index (χ4v) is 4.38. The van der Waals surface area contributed by atoms with E-state index in [0.29, 0.717) is 23.1 Å². The second-order valence-electron chi connectivity index (χ2n) is 5.00. The summed E-state index contributed by atoms with van der Waals surface area (Å²) in [4.78, 5) is 15.2. The molecule has 2 bridgehead atoms. The Bertz CT molecular complexity index is 419. The average Bonchev–Trinajstić information content (AvgIpc) is 2.60. The van der Waals surface area contributed by atoms with Crippen LogP contribution < -0.4 is 0 Å². The monoisotopic (exact) mass is 247 g/mol. The van der Waals surface area contributed by atoms with Crippen molar-refractivity contribution in [2.75, 3.05) is 7.05 Å². The number of nitrogens with zero attached hydrogens (tertiary/aromatic N) is 1. The molecule has 1 amide bonds. The van der Waals surface area contributed by atoms with Gasteiger partial charge in [0.05, 0.1) is 0 Å². The minimum absolute atomic E-state index is 0.317. The highest BCUT2D eigenvalue weighted by Gasteiger charge is 2.45. The normalized spacial score (nSPS) is 31.9. The third kappa shape index (κ3) is 1.97. The third-order valence-electron chi connectivity index (χ3n) is 3.98. The highest BCUT2D eigenvalue weighted by molar-refractivity contribution is 8.00. The number of amides is 1. The van der Waals surface area contributed by atoms with Crippen molar-refractivity contribution >= 4 is 17.7 Å². The molecular weight excluding hydrogens is 230 g/mol. The standard InChI is InChI=1S/C14H17NOS/c1-15-12-9-10(14(15)16)7-8-13(12)17-11-5-3-2-4-6-11/h2-6,10,12-13H,7-9H2,1H3. The zero-order valence-corrected chi connectivity index (χ0v) is 10.8. The van der Waals surface area contributed by atoms with E-state index in [1.165, 1.54) is 11.3 Å². The van der Waals surface area contributed by atoms with Gasteiger partial charge >= 0.3 is 0 Å². The predicted octanol–water partition coefficient (Wildman–Crippen LogP) is 2.79. The van der Waals surface area contributed by atoms with E-state index in [9.17, 15) is 4.79 Å². The van der Waals surface area contributed by atoms with Crippen LogP contribution in [0, 0.1) is 5.92 Å². The molecule has 1 aliphatic carbocycles. The second-order valence-corrected chi connectivity index (χ2v) is 6.31. The Labute approximate surface area is 106 Å². The zero-order valence-electron chi connectivity index (χ0n) is 10.0. The van der Waals surface area contributed by atoms with Gasteiger partial charge < -0.3 is 4.90 Å². The minimum Gasteiger partial charge on any atom is -0.341 e. The highest BCUT2D eigenvalue weighted by Crippen LogP contribution is 2.42. The fourth-order valence-electron chi connectivity index (χ4n) is 3.01. The molecule has 0 aromatic heterocycles.